The fourth-order valence-electron chi connectivity index (χ4n) is 4.02. The first kappa shape index (κ1) is 23.7. The molecule has 1 saturated heterocycles. The maximum atomic E-state index is 12.3. The van der Waals surface area contributed by atoms with Gasteiger partial charge in [0, 0.05) is 19.6 Å². The van der Waals surface area contributed by atoms with E-state index in [4.69, 9.17) is 9.84 Å². The minimum absolute atomic E-state index is 0.0309. The topological polar surface area (TPSA) is 87.1 Å². The summed E-state index contributed by atoms with van der Waals surface area (Å²) >= 11 is 0. The lowest BCUT2D eigenvalue weighted by Gasteiger charge is -2.22. The van der Waals surface area contributed by atoms with E-state index in [0.29, 0.717) is 26.0 Å². The Morgan fingerprint density at radius 3 is 2.81 bits per heavy atom. The van der Waals surface area contributed by atoms with Crippen LogP contribution in [-0.2, 0) is 14.3 Å². The van der Waals surface area contributed by atoms with Crippen LogP contribution < -0.4 is 0 Å². The van der Waals surface area contributed by atoms with Gasteiger partial charge in [-0.3, -0.25) is 4.79 Å². The molecular formula is C26H31NO5. The number of carboxylic acid groups (broad SMARTS) is 1. The molecule has 0 aliphatic carbocycles. The fourth-order valence-corrected chi connectivity index (χ4v) is 4.02. The van der Waals surface area contributed by atoms with E-state index >= 15 is 0 Å². The van der Waals surface area contributed by atoms with Crippen LogP contribution in [0, 0.1) is 6.92 Å². The maximum absolute atomic E-state index is 12.3. The van der Waals surface area contributed by atoms with Gasteiger partial charge in [0.1, 0.15) is 6.61 Å². The van der Waals surface area contributed by atoms with E-state index in [2.05, 4.69) is 19.1 Å². The summed E-state index contributed by atoms with van der Waals surface area (Å²) < 4.78 is 5.04. The van der Waals surface area contributed by atoms with Crippen LogP contribution in [0.1, 0.15) is 42.9 Å². The number of aliphatic hydroxyl groups is 1. The number of rotatable bonds is 11. The number of hydrogen-bond acceptors (Lipinski definition) is 4. The third-order valence-corrected chi connectivity index (χ3v) is 5.74. The Kier molecular flexibility index (Phi) is 8.59. The average molecular weight is 438 g/mol. The number of aliphatic hydroxyl groups excluding tert-OH is 1. The molecule has 1 unspecified atom stereocenters. The minimum atomic E-state index is -0.979. The Morgan fingerprint density at radius 2 is 2.03 bits per heavy atom. The molecule has 1 aliphatic heterocycles. The smallest absolute Gasteiger partial charge is 0.329 e. The van der Waals surface area contributed by atoms with E-state index < -0.39 is 12.1 Å². The number of aliphatic carboxylic acids is 1. The molecule has 6 heteroatoms. The Hall–Kier alpha value is -2.96. The molecule has 0 spiro atoms. The van der Waals surface area contributed by atoms with Crippen LogP contribution >= 0.6 is 0 Å². The first-order chi connectivity index (χ1) is 15.5. The van der Waals surface area contributed by atoms with Crippen molar-refractivity contribution < 1.29 is 24.5 Å². The molecule has 2 aromatic rings. The lowest BCUT2D eigenvalue weighted by molar-refractivity contribution is -0.142. The van der Waals surface area contributed by atoms with Gasteiger partial charge in [0.25, 0.3) is 0 Å². The monoisotopic (exact) mass is 437 g/mol. The number of carbonyl (C=O) groups is 2. The summed E-state index contributed by atoms with van der Waals surface area (Å²) in [7, 11) is 0. The van der Waals surface area contributed by atoms with E-state index in [-0.39, 0.29) is 18.6 Å². The average Bonchev–Trinajstić information content (AvgIpc) is 3.14. The second kappa shape index (κ2) is 11.6. The summed E-state index contributed by atoms with van der Waals surface area (Å²) in [6, 6.07) is 16.0. The van der Waals surface area contributed by atoms with Crippen molar-refractivity contribution in [1.29, 1.82) is 0 Å². The third-order valence-electron chi connectivity index (χ3n) is 5.74. The van der Waals surface area contributed by atoms with E-state index in [1.807, 2.05) is 47.4 Å². The van der Waals surface area contributed by atoms with Gasteiger partial charge in [-0.25, -0.2) is 4.79 Å². The van der Waals surface area contributed by atoms with E-state index in [0.717, 1.165) is 29.5 Å². The number of ether oxygens (including phenoxy) is 1. The van der Waals surface area contributed by atoms with Crippen molar-refractivity contribution >= 4 is 11.9 Å². The predicted molar refractivity (Wildman–Crippen MR) is 123 cm³/mol. The summed E-state index contributed by atoms with van der Waals surface area (Å²) in [6.07, 6.45) is 5.63. The van der Waals surface area contributed by atoms with Gasteiger partial charge in [-0.15, -0.1) is 0 Å². The molecule has 170 valence electrons. The summed E-state index contributed by atoms with van der Waals surface area (Å²) in [4.78, 5) is 24.6. The lowest BCUT2D eigenvalue weighted by Crippen LogP contribution is -2.32. The number of amides is 1. The molecule has 0 bridgehead atoms. The van der Waals surface area contributed by atoms with Crippen molar-refractivity contribution in [2.45, 2.75) is 44.8 Å². The first-order valence-corrected chi connectivity index (χ1v) is 11.1. The summed E-state index contributed by atoms with van der Waals surface area (Å²) in [5, 5.41) is 19.3. The molecule has 0 radical (unpaired) electrons. The molecule has 6 nitrogen and oxygen atoms in total. The third kappa shape index (κ3) is 6.52. The van der Waals surface area contributed by atoms with Crippen molar-refractivity contribution in [2.75, 3.05) is 19.8 Å². The highest BCUT2D eigenvalue weighted by molar-refractivity contribution is 5.79. The Morgan fingerprint density at radius 1 is 1.22 bits per heavy atom. The maximum Gasteiger partial charge on any atom is 0.329 e. The number of unbranched alkanes of at least 4 members (excludes halogenated alkanes) is 1. The Labute approximate surface area is 189 Å². The molecular weight excluding hydrogens is 406 g/mol. The van der Waals surface area contributed by atoms with Crippen LogP contribution in [0.4, 0.5) is 0 Å². The van der Waals surface area contributed by atoms with Crippen LogP contribution in [0.25, 0.3) is 11.1 Å². The van der Waals surface area contributed by atoms with Gasteiger partial charge in [-0.1, -0.05) is 54.6 Å². The van der Waals surface area contributed by atoms with Crippen LogP contribution in [-0.4, -0.2) is 52.8 Å². The number of benzene rings is 2. The number of hydrogen-bond donors (Lipinski definition) is 2. The molecule has 1 heterocycles. The standard InChI is InChI=1S/C26H31NO5/c1-19-7-2-3-10-23(19)20-8-6-9-21(17-20)24(28)13-11-22-12-14-25(29)27(22)15-4-5-16-32-18-26(30)31/h2-3,6-11,13,17,22,24,28H,4-5,12,14-16,18H2,1H3,(H,30,31)/b13-11+/t22-,24?/m0/s1. The van der Waals surface area contributed by atoms with Crippen molar-refractivity contribution in [3.63, 3.8) is 0 Å². The fraction of sp³-hybridized carbons (Fsp3) is 0.385. The van der Waals surface area contributed by atoms with E-state index in [1.54, 1.807) is 6.08 Å². The molecule has 1 aliphatic rings. The predicted octanol–water partition coefficient (Wildman–Crippen LogP) is 4.12. The molecule has 2 N–H and O–H groups in total. The minimum Gasteiger partial charge on any atom is -0.480 e. The van der Waals surface area contributed by atoms with Crippen molar-refractivity contribution in [1.82, 2.24) is 4.90 Å². The zero-order valence-electron chi connectivity index (χ0n) is 18.4. The van der Waals surface area contributed by atoms with Gasteiger partial charge in [0.2, 0.25) is 5.91 Å². The number of aryl methyl sites for hydroxylation is 1. The van der Waals surface area contributed by atoms with E-state index in [1.165, 1.54) is 5.56 Å². The van der Waals surface area contributed by atoms with Gasteiger partial charge in [0.15, 0.2) is 0 Å². The van der Waals surface area contributed by atoms with E-state index in [9.17, 15) is 14.7 Å². The van der Waals surface area contributed by atoms with Crippen LogP contribution in [0.15, 0.2) is 60.7 Å². The van der Waals surface area contributed by atoms with Gasteiger partial charge < -0.3 is 19.8 Å². The zero-order valence-corrected chi connectivity index (χ0v) is 18.4. The quantitative estimate of drug-likeness (QED) is 0.408. The molecule has 1 fully saturated rings. The van der Waals surface area contributed by atoms with Crippen LogP contribution in [0.2, 0.25) is 0 Å². The van der Waals surface area contributed by atoms with Gasteiger partial charge in [-0.05, 0) is 54.5 Å². The van der Waals surface area contributed by atoms with Crippen molar-refractivity contribution in [2.24, 2.45) is 0 Å². The highest BCUT2D eigenvalue weighted by atomic mass is 16.5. The van der Waals surface area contributed by atoms with Crippen molar-refractivity contribution in [3.8, 4) is 11.1 Å². The Bertz CT molecular complexity index is 955. The molecule has 0 aromatic heterocycles. The van der Waals surface area contributed by atoms with Gasteiger partial charge in [-0.2, -0.15) is 0 Å². The molecule has 0 saturated carbocycles. The molecule has 2 aromatic carbocycles. The molecule has 32 heavy (non-hydrogen) atoms. The molecule has 1 amide bonds. The summed E-state index contributed by atoms with van der Waals surface area (Å²) in [5.41, 5.74) is 4.21. The van der Waals surface area contributed by atoms with Crippen LogP contribution in [0.5, 0.6) is 0 Å². The highest BCUT2D eigenvalue weighted by Gasteiger charge is 2.28. The molecule has 3 rings (SSSR count). The largest absolute Gasteiger partial charge is 0.480 e. The van der Waals surface area contributed by atoms with Gasteiger partial charge in [0.05, 0.1) is 12.1 Å². The van der Waals surface area contributed by atoms with Gasteiger partial charge >= 0.3 is 5.97 Å². The summed E-state index contributed by atoms with van der Waals surface area (Å²) in [6.45, 7) is 2.74. The number of nitrogens with zero attached hydrogens (tertiary/aromatic N) is 1. The number of likely N-dealkylation sites (tertiary alicyclic amines) is 1. The first-order valence-electron chi connectivity index (χ1n) is 11.1. The van der Waals surface area contributed by atoms with Crippen LogP contribution in [0.3, 0.4) is 0 Å². The highest BCUT2D eigenvalue weighted by Crippen LogP contribution is 2.27. The van der Waals surface area contributed by atoms with Crippen molar-refractivity contribution in [3.05, 3.63) is 71.8 Å². The second-order valence-corrected chi connectivity index (χ2v) is 8.12. The number of carbonyl (C=O) groups excluding carboxylic acids is 1. The zero-order chi connectivity index (χ0) is 22.9. The number of carboxylic acids is 1. The second-order valence-electron chi connectivity index (χ2n) is 8.12. The lowest BCUT2D eigenvalue weighted by atomic mass is 9.97. The molecule has 2 atom stereocenters. The Balaban J connectivity index is 1.57. The SMILES string of the molecule is Cc1ccccc1-c1cccc(C(O)/C=C/[C@H]2CCC(=O)N2CCCCOCC(=O)O)c1. The summed E-state index contributed by atoms with van der Waals surface area (Å²) in [5.74, 6) is -0.866. The normalized spacial score (nSPS) is 17.2.